The summed E-state index contributed by atoms with van der Waals surface area (Å²) >= 11 is 12.7. The van der Waals surface area contributed by atoms with Crippen molar-refractivity contribution >= 4 is 40.1 Å². The van der Waals surface area contributed by atoms with Gasteiger partial charge in [-0.2, -0.15) is 0 Å². The van der Waals surface area contributed by atoms with Crippen molar-refractivity contribution in [1.82, 2.24) is 4.98 Å². The highest BCUT2D eigenvalue weighted by Crippen LogP contribution is 2.38. The summed E-state index contributed by atoms with van der Waals surface area (Å²) in [4.78, 5) is 15.4. The number of hydrogen-bond donors (Lipinski definition) is 1. The second-order valence-corrected chi connectivity index (χ2v) is 7.56. The normalized spacial score (nSPS) is 11.0. The molecule has 0 saturated carbocycles. The summed E-state index contributed by atoms with van der Waals surface area (Å²) in [7, 11) is 0. The van der Waals surface area contributed by atoms with E-state index in [1.807, 2.05) is 18.2 Å². The van der Waals surface area contributed by atoms with Crippen LogP contribution in [0.5, 0.6) is 11.5 Å². The number of benzene rings is 2. The quantitative estimate of drug-likeness (QED) is 0.469. The van der Waals surface area contributed by atoms with E-state index in [1.54, 1.807) is 12.1 Å². The van der Waals surface area contributed by atoms with Gasteiger partial charge in [-0.25, -0.2) is 0 Å². The number of carbonyl (C=O) groups is 1. The SMILES string of the molecule is CCCc1cc(C)c2cc(Oc3c(Cl)cc(CCC(=O)O)cc3Cl)ccc2n1. The Morgan fingerprint density at radius 1 is 1.11 bits per heavy atom. The zero-order valence-electron chi connectivity index (χ0n) is 15.8. The minimum atomic E-state index is -0.866. The molecule has 146 valence electrons. The summed E-state index contributed by atoms with van der Waals surface area (Å²) in [6, 6.07) is 11.2. The van der Waals surface area contributed by atoms with Gasteiger partial charge in [-0.1, -0.05) is 36.5 Å². The third kappa shape index (κ3) is 4.75. The first kappa shape index (κ1) is 20.4. The maximum absolute atomic E-state index is 10.7. The van der Waals surface area contributed by atoms with Crippen LogP contribution in [0.15, 0.2) is 36.4 Å². The van der Waals surface area contributed by atoms with Crippen LogP contribution in [-0.2, 0) is 17.6 Å². The molecule has 0 fully saturated rings. The molecular formula is C22H21Cl2NO3. The molecule has 0 saturated heterocycles. The summed E-state index contributed by atoms with van der Waals surface area (Å²) in [5.41, 5.74) is 3.91. The van der Waals surface area contributed by atoms with Crippen LogP contribution in [0.25, 0.3) is 10.9 Å². The zero-order valence-corrected chi connectivity index (χ0v) is 17.3. The van der Waals surface area contributed by atoms with Crippen molar-refractivity contribution < 1.29 is 14.6 Å². The van der Waals surface area contributed by atoms with E-state index >= 15 is 0 Å². The molecule has 0 aliphatic carbocycles. The molecule has 0 unspecified atom stereocenters. The first-order valence-electron chi connectivity index (χ1n) is 9.15. The molecule has 3 aromatic rings. The van der Waals surface area contributed by atoms with Crippen LogP contribution in [0, 0.1) is 6.92 Å². The Balaban J connectivity index is 1.89. The number of pyridine rings is 1. The van der Waals surface area contributed by atoms with Gasteiger partial charge in [-0.3, -0.25) is 9.78 Å². The van der Waals surface area contributed by atoms with Crippen LogP contribution >= 0.6 is 23.2 Å². The van der Waals surface area contributed by atoms with Gasteiger partial charge in [0.05, 0.1) is 15.6 Å². The molecule has 0 spiro atoms. The fourth-order valence-electron chi connectivity index (χ4n) is 3.11. The highest BCUT2D eigenvalue weighted by Gasteiger charge is 2.13. The van der Waals surface area contributed by atoms with Gasteiger partial charge in [0.2, 0.25) is 0 Å². The molecule has 0 bridgehead atoms. The van der Waals surface area contributed by atoms with Crippen molar-refractivity contribution in [1.29, 1.82) is 0 Å². The summed E-state index contributed by atoms with van der Waals surface area (Å²) in [6.45, 7) is 4.20. The van der Waals surface area contributed by atoms with Gasteiger partial charge in [0.25, 0.3) is 0 Å². The molecule has 0 radical (unpaired) electrons. The van der Waals surface area contributed by atoms with Crippen LogP contribution in [-0.4, -0.2) is 16.1 Å². The molecule has 28 heavy (non-hydrogen) atoms. The Labute approximate surface area is 174 Å². The predicted octanol–water partition coefficient (Wildman–Crippen LogP) is 6.61. The fraction of sp³-hybridized carbons (Fsp3) is 0.273. The number of nitrogens with zero attached hydrogens (tertiary/aromatic N) is 1. The molecule has 0 aliphatic rings. The number of aromatic nitrogens is 1. The fourth-order valence-corrected chi connectivity index (χ4v) is 3.72. The van der Waals surface area contributed by atoms with Gasteiger partial charge < -0.3 is 9.84 Å². The van der Waals surface area contributed by atoms with Gasteiger partial charge in [0.15, 0.2) is 5.75 Å². The second-order valence-electron chi connectivity index (χ2n) is 6.74. The lowest BCUT2D eigenvalue weighted by Gasteiger charge is -2.13. The number of carboxylic acids is 1. The third-order valence-corrected chi connectivity index (χ3v) is 5.01. The predicted molar refractivity (Wildman–Crippen MR) is 113 cm³/mol. The van der Waals surface area contributed by atoms with Gasteiger partial charge >= 0.3 is 5.97 Å². The van der Waals surface area contributed by atoms with E-state index in [2.05, 4.69) is 19.9 Å². The van der Waals surface area contributed by atoms with E-state index in [1.165, 1.54) is 0 Å². The lowest BCUT2D eigenvalue weighted by molar-refractivity contribution is -0.136. The molecule has 2 aromatic carbocycles. The number of halogens is 2. The van der Waals surface area contributed by atoms with E-state index in [-0.39, 0.29) is 6.42 Å². The van der Waals surface area contributed by atoms with Crippen LogP contribution in [0.4, 0.5) is 0 Å². The van der Waals surface area contributed by atoms with Crippen molar-refractivity contribution in [2.75, 3.05) is 0 Å². The Bertz CT molecular complexity index is 1010. The second kappa shape index (κ2) is 8.80. The van der Waals surface area contributed by atoms with Crippen molar-refractivity contribution in [2.24, 2.45) is 0 Å². The largest absolute Gasteiger partial charge is 0.481 e. The maximum atomic E-state index is 10.7. The molecule has 0 amide bonds. The highest BCUT2D eigenvalue weighted by molar-refractivity contribution is 6.37. The van der Waals surface area contributed by atoms with Crippen LogP contribution in [0.3, 0.4) is 0 Å². The van der Waals surface area contributed by atoms with Crippen molar-refractivity contribution in [2.45, 2.75) is 39.5 Å². The summed E-state index contributed by atoms with van der Waals surface area (Å²) in [6.07, 6.45) is 2.38. The Kier molecular flexibility index (Phi) is 6.42. The van der Waals surface area contributed by atoms with E-state index in [0.29, 0.717) is 28.0 Å². The summed E-state index contributed by atoms with van der Waals surface area (Å²) < 4.78 is 5.95. The van der Waals surface area contributed by atoms with Gasteiger partial charge in [-0.15, -0.1) is 0 Å². The minimum absolute atomic E-state index is 0.0177. The topological polar surface area (TPSA) is 59.4 Å². The Morgan fingerprint density at radius 2 is 1.82 bits per heavy atom. The molecule has 4 nitrogen and oxygen atoms in total. The monoisotopic (exact) mass is 417 g/mol. The van der Waals surface area contributed by atoms with Gasteiger partial charge in [-0.05, 0) is 67.3 Å². The average Bonchev–Trinajstić information content (AvgIpc) is 2.63. The Hall–Kier alpha value is -2.30. The Morgan fingerprint density at radius 3 is 2.46 bits per heavy atom. The molecule has 1 heterocycles. The van der Waals surface area contributed by atoms with Crippen LogP contribution in [0.2, 0.25) is 10.0 Å². The molecule has 3 rings (SSSR count). The maximum Gasteiger partial charge on any atom is 0.303 e. The molecular weight excluding hydrogens is 397 g/mol. The summed E-state index contributed by atoms with van der Waals surface area (Å²) in [5.74, 6) is 0.104. The number of aryl methyl sites for hydroxylation is 3. The zero-order chi connectivity index (χ0) is 20.3. The number of ether oxygens (including phenoxy) is 1. The molecule has 0 aliphatic heterocycles. The van der Waals surface area contributed by atoms with Gasteiger partial charge in [0, 0.05) is 17.5 Å². The van der Waals surface area contributed by atoms with Crippen LogP contribution < -0.4 is 4.74 Å². The molecule has 0 atom stereocenters. The van der Waals surface area contributed by atoms with Crippen LogP contribution in [0.1, 0.15) is 36.6 Å². The average molecular weight is 418 g/mol. The number of hydrogen-bond acceptors (Lipinski definition) is 3. The minimum Gasteiger partial charge on any atom is -0.481 e. The number of carboxylic acid groups (broad SMARTS) is 1. The first-order chi connectivity index (χ1) is 13.4. The lowest BCUT2D eigenvalue weighted by Crippen LogP contribution is -1.98. The third-order valence-electron chi connectivity index (χ3n) is 4.45. The number of rotatable bonds is 7. The van der Waals surface area contributed by atoms with Gasteiger partial charge in [0.1, 0.15) is 5.75 Å². The number of aliphatic carboxylic acids is 1. The van der Waals surface area contributed by atoms with E-state index in [4.69, 9.17) is 38.0 Å². The number of fused-ring (bicyclic) bond motifs is 1. The molecule has 6 heteroatoms. The standard InChI is InChI=1S/C22H21Cl2NO3/c1-3-4-15-9-13(2)17-12-16(6-7-20(17)25-15)28-22-18(23)10-14(11-19(22)24)5-8-21(26)27/h6-7,9-12H,3-5,8H2,1-2H3,(H,26,27). The first-order valence-corrected chi connectivity index (χ1v) is 9.90. The lowest BCUT2D eigenvalue weighted by atomic mass is 10.1. The molecule has 1 N–H and O–H groups in total. The highest BCUT2D eigenvalue weighted by atomic mass is 35.5. The molecule has 1 aromatic heterocycles. The van der Waals surface area contributed by atoms with Crippen molar-refractivity contribution in [3.8, 4) is 11.5 Å². The van der Waals surface area contributed by atoms with Crippen molar-refractivity contribution in [3.05, 3.63) is 63.3 Å². The van der Waals surface area contributed by atoms with E-state index < -0.39 is 5.97 Å². The smallest absolute Gasteiger partial charge is 0.303 e. The summed E-state index contributed by atoms with van der Waals surface area (Å²) in [5, 5.41) is 10.5. The van der Waals surface area contributed by atoms with E-state index in [9.17, 15) is 4.79 Å². The van der Waals surface area contributed by atoms with E-state index in [0.717, 1.165) is 40.6 Å². The van der Waals surface area contributed by atoms with Crippen molar-refractivity contribution in [3.63, 3.8) is 0 Å².